The van der Waals surface area contributed by atoms with Crippen LogP contribution in [0.15, 0.2) is 6.20 Å². The van der Waals surface area contributed by atoms with Gasteiger partial charge in [0.1, 0.15) is 0 Å². The van der Waals surface area contributed by atoms with Crippen molar-refractivity contribution in [1.82, 2.24) is 15.1 Å². The van der Waals surface area contributed by atoms with Crippen LogP contribution in [0.1, 0.15) is 50.2 Å². The topological polar surface area (TPSA) is 72.9 Å². The van der Waals surface area contributed by atoms with Crippen LogP contribution in [0.25, 0.3) is 0 Å². The maximum Gasteiger partial charge on any atom is 0.254 e. The zero-order valence-corrected chi connectivity index (χ0v) is 12.7. The Kier molecular flexibility index (Phi) is 5.11. The van der Waals surface area contributed by atoms with E-state index in [1.165, 1.54) is 0 Å². The maximum atomic E-state index is 12.1. The Morgan fingerprint density at radius 3 is 2.68 bits per heavy atom. The van der Waals surface area contributed by atoms with E-state index in [4.69, 9.17) is 5.73 Å². The monoisotopic (exact) mass is 266 g/mol. The molecule has 1 aromatic rings. The van der Waals surface area contributed by atoms with Gasteiger partial charge in [0, 0.05) is 25.8 Å². The van der Waals surface area contributed by atoms with Crippen LogP contribution >= 0.6 is 0 Å². The third-order valence-corrected chi connectivity index (χ3v) is 2.88. The number of nitrogens with two attached hydrogens (primary N) is 1. The normalized spacial score (nSPS) is 13.4. The lowest BCUT2D eigenvalue weighted by Crippen LogP contribution is -2.39. The number of amides is 1. The van der Waals surface area contributed by atoms with Crippen molar-refractivity contribution in [3.8, 4) is 0 Å². The maximum absolute atomic E-state index is 12.1. The van der Waals surface area contributed by atoms with E-state index in [1.807, 2.05) is 14.0 Å². The van der Waals surface area contributed by atoms with Crippen LogP contribution < -0.4 is 11.1 Å². The molecule has 0 aromatic carbocycles. The van der Waals surface area contributed by atoms with Gasteiger partial charge in [-0.2, -0.15) is 5.10 Å². The van der Waals surface area contributed by atoms with Gasteiger partial charge in [0.05, 0.1) is 11.3 Å². The van der Waals surface area contributed by atoms with Crippen LogP contribution in [-0.2, 0) is 13.5 Å². The minimum Gasteiger partial charge on any atom is -0.350 e. The number of nitrogens with zero attached hydrogens (tertiary/aromatic N) is 2. The molecule has 0 saturated heterocycles. The van der Waals surface area contributed by atoms with Crippen LogP contribution in [0, 0.1) is 5.41 Å². The highest BCUT2D eigenvalue weighted by Crippen LogP contribution is 2.19. The zero-order valence-electron chi connectivity index (χ0n) is 12.7. The van der Waals surface area contributed by atoms with Gasteiger partial charge in [-0.15, -0.1) is 0 Å². The highest BCUT2D eigenvalue weighted by atomic mass is 16.1. The molecule has 1 unspecified atom stereocenters. The summed E-state index contributed by atoms with van der Waals surface area (Å²) < 4.78 is 1.67. The molecule has 0 radical (unpaired) electrons. The van der Waals surface area contributed by atoms with Crippen molar-refractivity contribution in [2.75, 3.05) is 6.54 Å². The van der Waals surface area contributed by atoms with Gasteiger partial charge in [-0.1, -0.05) is 27.7 Å². The van der Waals surface area contributed by atoms with Gasteiger partial charge in [0.15, 0.2) is 0 Å². The SMILES string of the molecule is CCc1nn(C)cc1C(=O)NCC(N)CC(C)(C)C. The fourth-order valence-electron chi connectivity index (χ4n) is 2.16. The van der Waals surface area contributed by atoms with Crippen molar-refractivity contribution < 1.29 is 4.79 Å². The molecular formula is C14H26N4O. The number of aromatic nitrogens is 2. The predicted molar refractivity (Wildman–Crippen MR) is 77.0 cm³/mol. The number of hydrogen-bond donors (Lipinski definition) is 2. The average Bonchev–Trinajstić information content (AvgIpc) is 2.65. The summed E-state index contributed by atoms with van der Waals surface area (Å²) in [4.78, 5) is 12.1. The molecule has 5 heteroatoms. The molecule has 1 aromatic heterocycles. The molecule has 1 rings (SSSR count). The molecule has 0 aliphatic heterocycles. The highest BCUT2D eigenvalue weighted by Gasteiger charge is 2.18. The molecule has 5 nitrogen and oxygen atoms in total. The minimum atomic E-state index is -0.0886. The van der Waals surface area contributed by atoms with Crippen molar-refractivity contribution in [2.24, 2.45) is 18.2 Å². The summed E-state index contributed by atoms with van der Waals surface area (Å²) in [7, 11) is 1.82. The third kappa shape index (κ3) is 5.03. The van der Waals surface area contributed by atoms with Crippen LogP contribution in [0.3, 0.4) is 0 Å². The molecule has 108 valence electrons. The van der Waals surface area contributed by atoms with Crippen molar-refractivity contribution in [1.29, 1.82) is 0 Å². The van der Waals surface area contributed by atoms with Crippen LogP contribution in [0.2, 0.25) is 0 Å². The smallest absolute Gasteiger partial charge is 0.254 e. The minimum absolute atomic E-state index is 0.0225. The van der Waals surface area contributed by atoms with Gasteiger partial charge in [-0.05, 0) is 18.3 Å². The molecule has 0 spiro atoms. The Balaban J connectivity index is 2.56. The Bertz CT molecular complexity index is 431. The molecule has 0 aliphatic carbocycles. The van der Waals surface area contributed by atoms with Gasteiger partial charge in [0.2, 0.25) is 0 Å². The molecule has 0 fully saturated rings. The standard InChI is InChI=1S/C14H26N4O/c1-6-12-11(9-18(5)17-12)13(19)16-8-10(15)7-14(2,3)4/h9-10H,6-8,15H2,1-5H3,(H,16,19). The molecule has 0 saturated carbocycles. The molecule has 19 heavy (non-hydrogen) atoms. The summed E-state index contributed by atoms with van der Waals surface area (Å²) in [5.74, 6) is -0.0886. The average molecular weight is 266 g/mol. The first-order valence-electron chi connectivity index (χ1n) is 6.79. The van der Waals surface area contributed by atoms with Gasteiger partial charge in [-0.3, -0.25) is 9.48 Å². The Labute approximate surface area is 115 Å². The van der Waals surface area contributed by atoms with Gasteiger partial charge in [-0.25, -0.2) is 0 Å². The second-order valence-electron chi connectivity index (χ2n) is 6.25. The van der Waals surface area contributed by atoms with Crippen molar-refractivity contribution in [3.63, 3.8) is 0 Å². The summed E-state index contributed by atoms with van der Waals surface area (Å²) in [6, 6.07) is -0.0225. The number of hydrogen-bond acceptors (Lipinski definition) is 3. The summed E-state index contributed by atoms with van der Waals surface area (Å²) in [5.41, 5.74) is 7.67. The quantitative estimate of drug-likeness (QED) is 0.847. The summed E-state index contributed by atoms with van der Waals surface area (Å²) in [6.07, 6.45) is 3.38. The van der Waals surface area contributed by atoms with E-state index in [2.05, 4.69) is 31.2 Å². The number of aryl methyl sites for hydroxylation is 2. The third-order valence-electron chi connectivity index (χ3n) is 2.88. The fraction of sp³-hybridized carbons (Fsp3) is 0.714. The number of carbonyl (C=O) groups excluding carboxylic acids is 1. The van der Waals surface area contributed by atoms with Crippen LogP contribution in [-0.4, -0.2) is 28.3 Å². The molecule has 1 atom stereocenters. The number of carbonyl (C=O) groups is 1. The lowest BCUT2D eigenvalue weighted by molar-refractivity contribution is 0.0947. The van der Waals surface area contributed by atoms with Crippen molar-refractivity contribution in [2.45, 2.75) is 46.6 Å². The largest absolute Gasteiger partial charge is 0.350 e. The van der Waals surface area contributed by atoms with Crippen molar-refractivity contribution in [3.05, 3.63) is 17.5 Å². The van der Waals surface area contributed by atoms with Crippen LogP contribution in [0.4, 0.5) is 0 Å². The van der Waals surface area contributed by atoms with E-state index in [0.29, 0.717) is 12.1 Å². The van der Waals surface area contributed by atoms with E-state index in [9.17, 15) is 4.79 Å². The predicted octanol–water partition coefficient (Wildman–Crippen LogP) is 1.48. The molecule has 1 heterocycles. The summed E-state index contributed by atoms with van der Waals surface area (Å²) in [6.45, 7) is 8.92. The van der Waals surface area contributed by atoms with E-state index in [1.54, 1.807) is 10.9 Å². The van der Waals surface area contributed by atoms with Gasteiger partial charge >= 0.3 is 0 Å². The van der Waals surface area contributed by atoms with E-state index >= 15 is 0 Å². The van der Waals surface area contributed by atoms with E-state index < -0.39 is 0 Å². The zero-order chi connectivity index (χ0) is 14.6. The second-order valence-corrected chi connectivity index (χ2v) is 6.25. The Morgan fingerprint density at radius 2 is 2.16 bits per heavy atom. The number of nitrogens with one attached hydrogen (secondary N) is 1. The van der Waals surface area contributed by atoms with E-state index in [-0.39, 0.29) is 17.4 Å². The lowest BCUT2D eigenvalue weighted by atomic mass is 9.88. The second kappa shape index (κ2) is 6.19. The van der Waals surface area contributed by atoms with Gasteiger partial charge < -0.3 is 11.1 Å². The molecule has 3 N–H and O–H groups in total. The fourth-order valence-corrected chi connectivity index (χ4v) is 2.16. The summed E-state index contributed by atoms with van der Waals surface area (Å²) >= 11 is 0. The Morgan fingerprint density at radius 1 is 1.53 bits per heavy atom. The molecule has 1 amide bonds. The first-order valence-corrected chi connectivity index (χ1v) is 6.79. The number of rotatable bonds is 5. The summed E-state index contributed by atoms with van der Waals surface area (Å²) in [5, 5.41) is 7.15. The first kappa shape index (κ1) is 15.7. The lowest BCUT2D eigenvalue weighted by Gasteiger charge is -2.23. The molecular weight excluding hydrogens is 240 g/mol. The van der Waals surface area contributed by atoms with E-state index in [0.717, 1.165) is 18.5 Å². The first-order chi connectivity index (χ1) is 8.73. The van der Waals surface area contributed by atoms with Crippen molar-refractivity contribution >= 4 is 5.91 Å². The molecule has 0 bridgehead atoms. The van der Waals surface area contributed by atoms with Crippen LogP contribution in [0.5, 0.6) is 0 Å². The van der Waals surface area contributed by atoms with Gasteiger partial charge in [0.25, 0.3) is 5.91 Å². The molecule has 0 aliphatic rings. The Hall–Kier alpha value is -1.36. The highest BCUT2D eigenvalue weighted by molar-refractivity contribution is 5.95.